The summed E-state index contributed by atoms with van der Waals surface area (Å²) in [5.74, 6) is -0.578. The summed E-state index contributed by atoms with van der Waals surface area (Å²) in [5.41, 5.74) is 1.68. The molecule has 0 spiro atoms. The maximum Gasteiger partial charge on any atom is 0.291 e. The van der Waals surface area contributed by atoms with E-state index >= 15 is 0 Å². The van der Waals surface area contributed by atoms with E-state index < -0.39 is 15.9 Å². The third kappa shape index (κ3) is 3.06. The Balaban J connectivity index is 2.16. The van der Waals surface area contributed by atoms with Gasteiger partial charge in [-0.25, -0.2) is 13.1 Å². The molecular formula is C13H14N2O4S. The first-order valence-electron chi connectivity index (χ1n) is 5.84. The molecule has 1 aromatic heterocycles. The summed E-state index contributed by atoms with van der Waals surface area (Å²) in [6.45, 7) is 1.94. The molecule has 6 nitrogen and oxygen atoms in total. The molecule has 0 saturated heterocycles. The number of amides is 1. The highest BCUT2D eigenvalue weighted by Gasteiger charge is 2.19. The number of carbonyl (C=O) groups excluding carboxylic acids is 1. The van der Waals surface area contributed by atoms with Crippen molar-refractivity contribution >= 4 is 21.6 Å². The van der Waals surface area contributed by atoms with Crippen molar-refractivity contribution < 1.29 is 17.6 Å². The molecule has 0 unspecified atom stereocenters. The highest BCUT2D eigenvalue weighted by atomic mass is 32.2. The van der Waals surface area contributed by atoms with Gasteiger partial charge in [0.25, 0.3) is 15.9 Å². The van der Waals surface area contributed by atoms with Crippen molar-refractivity contribution in [2.75, 3.05) is 12.4 Å². The van der Waals surface area contributed by atoms with E-state index in [1.54, 1.807) is 12.1 Å². The van der Waals surface area contributed by atoms with Crippen LogP contribution in [0.1, 0.15) is 16.1 Å². The number of aryl methyl sites for hydroxylation is 1. The second kappa shape index (κ2) is 5.48. The molecular weight excluding hydrogens is 280 g/mol. The van der Waals surface area contributed by atoms with Gasteiger partial charge in [-0.1, -0.05) is 17.7 Å². The van der Waals surface area contributed by atoms with Crippen molar-refractivity contribution in [2.24, 2.45) is 0 Å². The fraction of sp³-hybridized carbons (Fsp3) is 0.154. The van der Waals surface area contributed by atoms with E-state index in [1.165, 1.54) is 19.2 Å². The van der Waals surface area contributed by atoms with Crippen LogP contribution in [-0.4, -0.2) is 21.4 Å². The van der Waals surface area contributed by atoms with Gasteiger partial charge in [-0.05, 0) is 38.2 Å². The molecule has 2 N–H and O–H groups in total. The SMILES string of the molecule is CNS(=O)(=O)c1ccc(C(=O)Nc2ccc(C)cc2)o1. The number of sulfonamides is 1. The molecule has 106 valence electrons. The average Bonchev–Trinajstić information content (AvgIpc) is 2.92. The Morgan fingerprint density at radius 1 is 1.10 bits per heavy atom. The van der Waals surface area contributed by atoms with Crippen molar-refractivity contribution in [2.45, 2.75) is 12.0 Å². The number of hydrogen-bond acceptors (Lipinski definition) is 4. The molecule has 2 aromatic rings. The molecule has 20 heavy (non-hydrogen) atoms. The van der Waals surface area contributed by atoms with E-state index in [1.807, 2.05) is 19.1 Å². The summed E-state index contributed by atoms with van der Waals surface area (Å²) in [7, 11) is -2.42. The Morgan fingerprint density at radius 3 is 2.35 bits per heavy atom. The van der Waals surface area contributed by atoms with E-state index in [0.29, 0.717) is 5.69 Å². The summed E-state index contributed by atoms with van der Waals surface area (Å²) in [4.78, 5) is 11.9. The van der Waals surface area contributed by atoms with Crippen LogP contribution in [0.5, 0.6) is 0 Å². The van der Waals surface area contributed by atoms with Crippen LogP contribution >= 0.6 is 0 Å². The van der Waals surface area contributed by atoms with Crippen molar-refractivity contribution in [1.29, 1.82) is 0 Å². The maximum absolute atomic E-state index is 11.9. The first-order chi connectivity index (χ1) is 9.42. The van der Waals surface area contributed by atoms with Crippen LogP contribution in [0.2, 0.25) is 0 Å². The summed E-state index contributed by atoms with van der Waals surface area (Å²) < 4.78 is 30.1. The Hall–Kier alpha value is -2.12. The van der Waals surface area contributed by atoms with E-state index in [2.05, 4.69) is 10.0 Å². The minimum absolute atomic E-state index is 0.0700. The molecule has 1 heterocycles. The second-order valence-corrected chi connectivity index (χ2v) is 5.96. The zero-order chi connectivity index (χ0) is 14.8. The van der Waals surface area contributed by atoms with Crippen LogP contribution in [-0.2, 0) is 10.0 Å². The van der Waals surface area contributed by atoms with E-state index in [4.69, 9.17) is 4.42 Å². The van der Waals surface area contributed by atoms with E-state index in [-0.39, 0.29) is 10.9 Å². The summed E-state index contributed by atoms with van der Waals surface area (Å²) in [6.07, 6.45) is 0. The zero-order valence-corrected chi connectivity index (χ0v) is 11.8. The normalized spacial score (nSPS) is 11.3. The molecule has 0 saturated carbocycles. The Bertz CT molecular complexity index is 717. The lowest BCUT2D eigenvalue weighted by molar-refractivity contribution is 0.0991. The monoisotopic (exact) mass is 294 g/mol. The molecule has 0 atom stereocenters. The molecule has 0 aliphatic carbocycles. The molecule has 1 amide bonds. The fourth-order valence-electron chi connectivity index (χ4n) is 1.52. The van der Waals surface area contributed by atoms with E-state index in [0.717, 1.165) is 5.56 Å². The van der Waals surface area contributed by atoms with Crippen LogP contribution in [0.25, 0.3) is 0 Å². The number of rotatable bonds is 4. The van der Waals surface area contributed by atoms with Gasteiger partial charge in [0.1, 0.15) is 0 Å². The first kappa shape index (κ1) is 14.3. The maximum atomic E-state index is 11.9. The number of benzene rings is 1. The summed E-state index contributed by atoms with van der Waals surface area (Å²) in [5, 5.41) is 2.32. The van der Waals surface area contributed by atoms with Gasteiger partial charge >= 0.3 is 0 Å². The first-order valence-corrected chi connectivity index (χ1v) is 7.32. The third-order valence-electron chi connectivity index (χ3n) is 2.65. The van der Waals surface area contributed by atoms with Gasteiger partial charge < -0.3 is 9.73 Å². The van der Waals surface area contributed by atoms with Crippen molar-refractivity contribution in [3.63, 3.8) is 0 Å². The minimum Gasteiger partial charge on any atom is -0.438 e. The van der Waals surface area contributed by atoms with Crippen LogP contribution in [0.3, 0.4) is 0 Å². The lowest BCUT2D eigenvalue weighted by atomic mass is 10.2. The molecule has 0 fully saturated rings. The van der Waals surface area contributed by atoms with Gasteiger partial charge in [0, 0.05) is 5.69 Å². The minimum atomic E-state index is -3.69. The van der Waals surface area contributed by atoms with Gasteiger partial charge in [0.2, 0.25) is 5.09 Å². The smallest absolute Gasteiger partial charge is 0.291 e. The quantitative estimate of drug-likeness (QED) is 0.899. The molecule has 0 aliphatic rings. The molecule has 0 bridgehead atoms. The standard InChI is InChI=1S/C13H14N2O4S/c1-9-3-5-10(6-4-9)15-13(16)11-7-8-12(19-11)20(17,18)14-2/h3-8,14H,1-2H3,(H,15,16). The Kier molecular flexibility index (Phi) is 3.91. The topological polar surface area (TPSA) is 88.4 Å². The number of nitrogens with one attached hydrogen (secondary N) is 2. The highest BCUT2D eigenvalue weighted by Crippen LogP contribution is 2.16. The van der Waals surface area contributed by atoms with Crippen LogP contribution in [0.4, 0.5) is 5.69 Å². The van der Waals surface area contributed by atoms with Crippen LogP contribution < -0.4 is 10.0 Å². The number of furan rings is 1. The number of hydrogen-bond donors (Lipinski definition) is 2. The Morgan fingerprint density at radius 2 is 1.75 bits per heavy atom. The van der Waals surface area contributed by atoms with Gasteiger partial charge in [-0.2, -0.15) is 0 Å². The van der Waals surface area contributed by atoms with Crippen LogP contribution in [0, 0.1) is 6.92 Å². The fourth-order valence-corrected chi connectivity index (χ4v) is 2.16. The second-order valence-electron chi connectivity index (χ2n) is 4.15. The lowest BCUT2D eigenvalue weighted by Gasteiger charge is -2.03. The largest absolute Gasteiger partial charge is 0.438 e. The molecule has 7 heteroatoms. The predicted octanol–water partition coefficient (Wildman–Crippen LogP) is 1.75. The predicted molar refractivity (Wildman–Crippen MR) is 74.1 cm³/mol. The molecule has 2 rings (SSSR count). The lowest BCUT2D eigenvalue weighted by Crippen LogP contribution is -2.18. The van der Waals surface area contributed by atoms with Gasteiger partial charge in [0.05, 0.1) is 0 Å². The summed E-state index contributed by atoms with van der Waals surface area (Å²) in [6, 6.07) is 9.76. The highest BCUT2D eigenvalue weighted by molar-refractivity contribution is 7.89. The molecule has 0 radical (unpaired) electrons. The van der Waals surface area contributed by atoms with Gasteiger partial charge in [-0.3, -0.25) is 4.79 Å². The Labute approximate surface area is 116 Å². The average molecular weight is 294 g/mol. The van der Waals surface area contributed by atoms with Crippen LogP contribution in [0.15, 0.2) is 45.9 Å². The zero-order valence-electron chi connectivity index (χ0n) is 11.0. The van der Waals surface area contributed by atoms with Crippen molar-refractivity contribution in [3.8, 4) is 0 Å². The van der Waals surface area contributed by atoms with Gasteiger partial charge in [-0.15, -0.1) is 0 Å². The molecule has 0 aliphatic heterocycles. The summed E-state index contributed by atoms with van der Waals surface area (Å²) >= 11 is 0. The van der Waals surface area contributed by atoms with Gasteiger partial charge in [0.15, 0.2) is 5.76 Å². The number of anilines is 1. The van der Waals surface area contributed by atoms with Crippen molar-refractivity contribution in [1.82, 2.24) is 4.72 Å². The third-order valence-corrected chi connectivity index (χ3v) is 3.93. The molecule has 1 aromatic carbocycles. The van der Waals surface area contributed by atoms with E-state index in [9.17, 15) is 13.2 Å². The number of carbonyl (C=O) groups is 1. The van der Waals surface area contributed by atoms with Crippen molar-refractivity contribution in [3.05, 3.63) is 47.7 Å².